The normalized spacial score (nSPS) is 21.7. The van der Waals surface area contributed by atoms with Crippen molar-refractivity contribution in [1.29, 1.82) is 0 Å². The molecule has 4 atom stereocenters. The summed E-state index contributed by atoms with van der Waals surface area (Å²) in [6.07, 6.45) is 20.1. The molecule has 0 aliphatic carbocycles. The van der Waals surface area contributed by atoms with E-state index in [1.54, 1.807) is 36.5 Å². The molecule has 0 amide bonds. The van der Waals surface area contributed by atoms with Gasteiger partial charge in [-0.05, 0) is 62.5 Å². The Morgan fingerprint density at radius 3 is 2.56 bits per heavy atom. The molecule has 2 bridgehead atoms. The monoisotopic (exact) mass is 867 g/mol. The standard InChI is InChI=1S/C51H55F2N7O4/c1-3-39-43(52)19-16-34-12-10-14-40(45(34)39)47-46(53)48-41(25-55-47)49(59-27-36-17-18-37(28-59)56-36)58-50(57-48)64-32-51-21-20-38(60(51)26-33(2)24-51)31-63-23-9-7-5-4-6-8-22-54-44-15-11-13-35(29-61)42(44)30-62/h1,10-16,19,25,29-30,36-38,54,56H,2,4-9,17-18,20-24,26-28,31-32H2. The van der Waals surface area contributed by atoms with Crippen LogP contribution in [0.5, 0.6) is 6.01 Å². The van der Waals surface area contributed by atoms with Crippen LogP contribution in [0.3, 0.4) is 0 Å². The molecule has 4 unspecified atom stereocenters. The quantitative estimate of drug-likeness (QED) is 0.0359. The third-order valence-electron chi connectivity index (χ3n) is 13.7. The van der Waals surface area contributed by atoms with E-state index in [1.165, 1.54) is 6.07 Å². The number of halogens is 2. The summed E-state index contributed by atoms with van der Waals surface area (Å²) in [5.41, 5.74) is 2.96. The predicted octanol–water partition coefficient (Wildman–Crippen LogP) is 8.68. The second-order valence-electron chi connectivity index (χ2n) is 18.0. The fourth-order valence-corrected chi connectivity index (χ4v) is 10.6. The van der Waals surface area contributed by atoms with Crippen molar-refractivity contribution in [3.05, 3.63) is 95.2 Å². The maximum Gasteiger partial charge on any atom is 0.319 e. The van der Waals surface area contributed by atoms with Crippen molar-refractivity contribution in [3.63, 3.8) is 0 Å². The van der Waals surface area contributed by atoms with Gasteiger partial charge in [0.2, 0.25) is 0 Å². The number of benzene rings is 3. The highest BCUT2D eigenvalue weighted by molar-refractivity contribution is 6.02. The number of hydrogen-bond donors (Lipinski definition) is 2. The third-order valence-corrected chi connectivity index (χ3v) is 13.7. The van der Waals surface area contributed by atoms with Crippen LogP contribution in [0.25, 0.3) is 32.9 Å². The van der Waals surface area contributed by atoms with Gasteiger partial charge in [0.05, 0.1) is 23.1 Å². The molecule has 4 aliphatic rings. The molecule has 2 aromatic heterocycles. The number of aldehydes is 2. The Hall–Kier alpha value is -5.81. The van der Waals surface area contributed by atoms with Gasteiger partial charge < -0.3 is 25.0 Å². The summed E-state index contributed by atoms with van der Waals surface area (Å²) in [6, 6.07) is 14.5. The first kappa shape index (κ1) is 43.4. The number of anilines is 2. The number of carbonyl (C=O) groups excluding carboxylic acids is 2. The zero-order valence-corrected chi connectivity index (χ0v) is 36.2. The molecule has 0 spiro atoms. The summed E-state index contributed by atoms with van der Waals surface area (Å²) in [4.78, 5) is 41.8. The Morgan fingerprint density at radius 2 is 1.77 bits per heavy atom. The van der Waals surface area contributed by atoms with Gasteiger partial charge >= 0.3 is 6.01 Å². The number of unbranched alkanes of at least 4 members (excludes halogenated alkanes) is 5. The number of ether oxygens (including phenoxy) is 2. The van der Waals surface area contributed by atoms with Crippen molar-refractivity contribution >= 4 is 45.8 Å². The third kappa shape index (κ3) is 8.71. The molecule has 4 saturated heterocycles. The van der Waals surface area contributed by atoms with Gasteiger partial charge in [0.15, 0.2) is 18.4 Å². The Labute approximate surface area is 373 Å². The summed E-state index contributed by atoms with van der Waals surface area (Å²) in [5.74, 6) is 1.87. The molecule has 5 aromatic rings. The van der Waals surface area contributed by atoms with Gasteiger partial charge in [-0.15, -0.1) is 6.42 Å². The van der Waals surface area contributed by atoms with Gasteiger partial charge in [-0.25, -0.2) is 8.78 Å². The zero-order valence-electron chi connectivity index (χ0n) is 36.2. The van der Waals surface area contributed by atoms with E-state index in [-0.39, 0.29) is 34.4 Å². The van der Waals surface area contributed by atoms with Gasteiger partial charge in [-0.2, -0.15) is 9.97 Å². The van der Waals surface area contributed by atoms with Gasteiger partial charge in [-0.1, -0.05) is 80.2 Å². The number of rotatable bonds is 19. The van der Waals surface area contributed by atoms with Crippen molar-refractivity contribution in [1.82, 2.24) is 25.2 Å². The lowest BCUT2D eigenvalue weighted by Crippen LogP contribution is -2.51. The van der Waals surface area contributed by atoms with Crippen LogP contribution in [0.4, 0.5) is 20.3 Å². The highest BCUT2D eigenvalue weighted by atomic mass is 19.1. The molecule has 6 heterocycles. The van der Waals surface area contributed by atoms with E-state index in [9.17, 15) is 14.0 Å². The lowest BCUT2D eigenvalue weighted by Gasteiger charge is -2.35. The molecule has 9 rings (SSSR count). The fourth-order valence-electron chi connectivity index (χ4n) is 10.6. The van der Waals surface area contributed by atoms with Crippen LogP contribution in [-0.4, -0.2) is 102 Å². The zero-order chi connectivity index (χ0) is 44.2. The summed E-state index contributed by atoms with van der Waals surface area (Å²) < 4.78 is 45.0. The lowest BCUT2D eigenvalue weighted by atomic mass is 9.94. The second kappa shape index (κ2) is 19.1. The van der Waals surface area contributed by atoms with E-state index in [4.69, 9.17) is 25.9 Å². The van der Waals surface area contributed by atoms with Crippen LogP contribution in [0, 0.1) is 24.0 Å². The number of fused-ring (bicyclic) bond motifs is 5. The Kier molecular flexibility index (Phi) is 13.0. The second-order valence-corrected chi connectivity index (χ2v) is 18.0. The predicted molar refractivity (Wildman–Crippen MR) is 246 cm³/mol. The van der Waals surface area contributed by atoms with E-state index in [1.807, 2.05) is 12.1 Å². The molecule has 13 heteroatoms. The Balaban J connectivity index is 0.838. The van der Waals surface area contributed by atoms with Crippen molar-refractivity contribution in [2.45, 2.75) is 94.3 Å². The summed E-state index contributed by atoms with van der Waals surface area (Å²) in [7, 11) is 0. The highest BCUT2D eigenvalue weighted by Gasteiger charge is 2.51. The van der Waals surface area contributed by atoms with Gasteiger partial charge in [0.25, 0.3) is 0 Å². The summed E-state index contributed by atoms with van der Waals surface area (Å²) in [5, 5.41) is 8.57. The molecule has 4 aliphatic heterocycles. The topological polar surface area (TPSA) is 122 Å². The molecule has 11 nitrogen and oxygen atoms in total. The number of pyridine rings is 1. The van der Waals surface area contributed by atoms with Crippen molar-refractivity contribution < 1.29 is 27.8 Å². The number of nitrogens with zero attached hydrogens (tertiary/aromatic N) is 5. The van der Waals surface area contributed by atoms with Crippen LogP contribution in [0.15, 0.2) is 66.9 Å². The largest absolute Gasteiger partial charge is 0.461 e. The molecule has 64 heavy (non-hydrogen) atoms. The Morgan fingerprint density at radius 1 is 0.969 bits per heavy atom. The minimum absolute atomic E-state index is 0.0334. The number of nitrogens with one attached hydrogen (secondary N) is 2. The van der Waals surface area contributed by atoms with Gasteiger partial charge in [0.1, 0.15) is 29.5 Å². The maximum absolute atomic E-state index is 17.1. The molecule has 332 valence electrons. The van der Waals surface area contributed by atoms with Crippen LogP contribution in [-0.2, 0) is 4.74 Å². The fraction of sp³-hybridized carbons (Fsp3) is 0.431. The minimum Gasteiger partial charge on any atom is -0.461 e. The molecule has 4 fully saturated rings. The average Bonchev–Trinajstić information content (AvgIpc) is 3.95. The first-order valence-electron chi connectivity index (χ1n) is 22.8. The van der Waals surface area contributed by atoms with Crippen molar-refractivity contribution in [2.75, 3.05) is 56.2 Å². The van der Waals surface area contributed by atoms with E-state index in [0.717, 1.165) is 109 Å². The lowest BCUT2D eigenvalue weighted by molar-refractivity contribution is 0.0355. The molecule has 2 N–H and O–H groups in total. The van der Waals surface area contributed by atoms with Gasteiger partial charge in [-0.3, -0.25) is 19.5 Å². The molecular formula is C51H55F2N7O4. The van der Waals surface area contributed by atoms with E-state index < -0.39 is 11.6 Å². The minimum atomic E-state index is -0.641. The van der Waals surface area contributed by atoms with E-state index >= 15 is 4.39 Å². The number of hydrogen-bond acceptors (Lipinski definition) is 11. The number of aromatic nitrogens is 3. The molecule has 3 aromatic carbocycles. The maximum atomic E-state index is 17.1. The summed E-state index contributed by atoms with van der Waals surface area (Å²) in [6.45, 7) is 9.02. The number of carbonyl (C=O) groups is 2. The van der Waals surface area contributed by atoms with Crippen LogP contribution in [0.2, 0.25) is 0 Å². The van der Waals surface area contributed by atoms with Crippen molar-refractivity contribution in [2.24, 2.45) is 0 Å². The van der Waals surface area contributed by atoms with E-state index in [0.29, 0.717) is 82.5 Å². The van der Waals surface area contributed by atoms with Crippen LogP contribution >= 0.6 is 0 Å². The highest BCUT2D eigenvalue weighted by Crippen LogP contribution is 2.45. The average molecular weight is 868 g/mol. The first-order valence-corrected chi connectivity index (χ1v) is 22.8. The van der Waals surface area contributed by atoms with E-state index in [2.05, 4.69) is 37.9 Å². The molecule has 0 radical (unpaired) electrons. The molecule has 0 saturated carbocycles. The first-order chi connectivity index (χ1) is 31.3. The summed E-state index contributed by atoms with van der Waals surface area (Å²) >= 11 is 0. The Bertz CT molecular complexity index is 2600. The van der Waals surface area contributed by atoms with Gasteiger partial charge in [0, 0.05) is 84.9 Å². The molecular weight excluding hydrogens is 813 g/mol. The SMILES string of the molecule is C#Cc1c(F)ccc2cccc(-c3ncc4c(N5CC6CCC(C5)N6)nc(OCC56CCC(COCCCCCCCCNc7cccc(C=O)c7C=O)N5CC(=C)C6)nc4c3F)c12. The number of terminal acetylenes is 1. The number of piperazine rings is 1. The van der Waals surface area contributed by atoms with Crippen molar-refractivity contribution in [3.8, 4) is 29.6 Å². The smallest absolute Gasteiger partial charge is 0.319 e. The van der Waals surface area contributed by atoms with Crippen LogP contribution < -0.4 is 20.3 Å². The van der Waals surface area contributed by atoms with Crippen LogP contribution in [0.1, 0.15) is 96.9 Å².